The molecule has 2 bridgehead atoms. The second-order valence-electron chi connectivity index (χ2n) is 7.65. The monoisotopic (exact) mass is 342 g/mol. The lowest BCUT2D eigenvalue weighted by atomic mass is 9.57. The average Bonchev–Trinajstić information content (AvgIpc) is 3.00. The minimum absolute atomic E-state index is 0.169. The van der Waals surface area contributed by atoms with Gasteiger partial charge in [0.15, 0.2) is 5.65 Å². The molecule has 2 heterocycles. The molecular formula is C18H22N4O3. The number of carbonyl (C=O) groups is 2. The molecule has 3 fully saturated rings. The molecule has 3 saturated carbocycles. The van der Waals surface area contributed by atoms with Gasteiger partial charge in [0.1, 0.15) is 5.56 Å². The fourth-order valence-corrected chi connectivity index (χ4v) is 4.43. The number of fused-ring (bicyclic) bond motifs is 4. The van der Waals surface area contributed by atoms with E-state index in [-0.39, 0.29) is 11.4 Å². The Bertz CT molecular complexity index is 861. The van der Waals surface area contributed by atoms with Crippen molar-refractivity contribution < 1.29 is 14.7 Å². The van der Waals surface area contributed by atoms with Crippen LogP contribution in [0.15, 0.2) is 12.3 Å². The van der Waals surface area contributed by atoms with Crippen molar-refractivity contribution >= 4 is 17.5 Å². The fourth-order valence-electron chi connectivity index (χ4n) is 4.43. The molecule has 0 radical (unpaired) electrons. The molecule has 2 N–H and O–H groups in total. The molecular weight excluding hydrogens is 320 g/mol. The second kappa shape index (κ2) is 5.28. The average molecular weight is 342 g/mol. The van der Waals surface area contributed by atoms with Gasteiger partial charge in [-0.1, -0.05) is 0 Å². The van der Waals surface area contributed by atoms with Gasteiger partial charge in [-0.25, -0.2) is 9.50 Å². The highest BCUT2D eigenvalue weighted by Gasteiger charge is 2.53. The van der Waals surface area contributed by atoms with Gasteiger partial charge in [-0.15, -0.1) is 0 Å². The van der Waals surface area contributed by atoms with Gasteiger partial charge in [0.2, 0.25) is 0 Å². The number of carboxylic acid groups (broad SMARTS) is 1. The molecule has 3 aliphatic carbocycles. The van der Waals surface area contributed by atoms with Crippen molar-refractivity contribution in [2.75, 3.05) is 0 Å². The summed E-state index contributed by atoms with van der Waals surface area (Å²) in [7, 11) is 0. The lowest BCUT2D eigenvalue weighted by Gasteiger charge is -2.51. The zero-order valence-electron chi connectivity index (χ0n) is 14.5. The van der Waals surface area contributed by atoms with E-state index in [0.29, 0.717) is 30.5 Å². The maximum atomic E-state index is 12.9. The number of aromatic nitrogens is 3. The number of hydrogen-bond acceptors (Lipinski definition) is 4. The SMILES string of the molecule is Cc1cc(C)n2ncc(C(=O)NC34CCC(C(=O)O)(CC3)CC4)c2n1. The van der Waals surface area contributed by atoms with Crippen molar-refractivity contribution in [2.24, 2.45) is 5.41 Å². The van der Waals surface area contributed by atoms with E-state index in [1.807, 2.05) is 19.9 Å². The van der Waals surface area contributed by atoms with Gasteiger partial charge in [-0.2, -0.15) is 5.10 Å². The van der Waals surface area contributed by atoms with Crippen LogP contribution in [0.1, 0.15) is 60.3 Å². The first-order valence-electron chi connectivity index (χ1n) is 8.72. The maximum Gasteiger partial charge on any atom is 0.309 e. The van der Waals surface area contributed by atoms with Gasteiger partial charge in [-0.3, -0.25) is 9.59 Å². The Labute approximate surface area is 145 Å². The first kappa shape index (κ1) is 16.1. The Hall–Kier alpha value is -2.44. The summed E-state index contributed by atoms with van der Waals surface area (Å²) in [6.45, 7) is 3.83. The van der Waals surface area contributed by atoms with Crippen LogP contribution in [0, 0.1) is 19.3 Å². The van der Waals surface area contributed by atoms with Crippen molar-refractivity contribution in [3.8, 4) is 0 Å². The molecule has 25 heavy (non-hydrogen) atoms. The van der Waals surface area contributed by atoms with Gasteiger partial charge in [0.05, 0.1) is 11.6 Å². The molecule has 1 amide bonds. The number of aryl methyl sites for hydroxylation is 2. The third-order valence-electron chi connectivity index (χ3n) is 6.10. The lowest BCUT2D eigenvalue weighted by molar-refractivity contribution is -0.156. The molecule has 132 valence electrons. The number of rotatable bonds is 3. The van der Waals surface area contributed by atoms with E-state index in [1.54, 1.807) is 10.7 Å². The Morgan fingerprint density at radius 3 is 2.40 bits per heavy atom. The number of nitrogens with one attached hydrogen (secondary N) is 1. The largest absolute Gasteiger partial charge is 0.481 e. The second-order valence-corrected chi connectivity index (χ2v) is 7.65. The molecule has 7 heteroatoms. The summed E-state index contributed by atoms with van der Waals surface area (Å²) >= 11 is 0. The summed E-state index contributed by atoms with van der Waals surface area (Å²) in [5, 5.41) is 17.0. The van der Waals surface area contributed by atoms with Crippen LogP contribution in [0.25, 0.3) is 5.65 Å². The topological polar surface area (TPSA) is 96.6 Å². The summed E-state index contributed by atoms with van der Waals surface area (Å²) < 4.78 is 1.68. The lowest BCUT2D eigenvalue weighted by Crippen LogP contribution is -2.58. The van der Waals surface area contributed by atoms with E-state index in [1.165, 1.54) is 0 Å². The van der Waals surface area contributed by atoms with Crippen molar-refractivity contribution in [1.29, 1.82) is 0 Å². The van der Waals surface area contributed by atoms with Crippen LogP contribution in [0.2, 0.25) is 0 Å². The summed E-state index contributed by atoms with van der Waals surface area (Å²) in [6.07, 6.45) is 5.62. The van der Waals surface area contributed by atoms with Gasteiger partial charge >= 0.3 is 5.97 Å². The van der Waals surface area contributed by atoms with E-state index in [0.717, 1.165) is 30.7 Å². The highest BCUT2D eigenvalue weighted by molar-refractivity contribution is 6.00. The molecule has 2 aromatic heterocycles. The highest BCUT2D eigenvalue weighted by Crippen LogP contribution is 2.52. The Balaban J connectivity index is 1.59. The number of amides is 1. The number of aliphatic carboxylic acids is 1. The molecule has 0 atom stereocenters. The van der Waals surface area contributed by atoms with Crippen LogP contribution < -0.4 is 5.32 Å². The zero-order valence-corrected chi connectivity index (χ0v) is 14.5. The highest BCUT2D eigenvalue weighted by atomic mass is 16.4. The molecule has 5 rings (SSSR count). The van der Waals surface area contributed by atoms with Gasteiger partial charge < -0.3 is 10.4 Å². The van der Waals surface area contributed by atoms with Crippen LogP contribution in [-0.4, -0.2) is 37.1 Å². The van der Waals surface area contributed by atoms with Gasteiger partial charge in [0, 0.05) is 16.9 Å². The molecule has 0 aliphatic heterocycles. The molecule has 0 unspecified atom stereocenters. The van der Waals surface area contributed by atoms with Crippen LogP contribution >= 0.6 is 0 Å². The van der Waals surface area contributed by atoms with E-state index in [4.69, 9.17) is 0 Å². The van der Waals surface area contributed by atoms with Crippen molar-refractivity contribution in [1.82, 2.24) is 19.9 Å². The van der Waals surface area contributed by atoms with Crippen molar-refractivity contribution in [3.63, 3.8) is 0 Å². The summed E-state index contributed by atoms with van der Waals surface area (Å²) in [5.41, 5.74) is 1.95. The van der Waals surface area contributed by atoms with Crippen LogP contribution in [0.4, 0.5) is 0 Å². The summed E-state index contributed by atoms with van der Waals surface area (Å²) in [6, 6.07) is 1.92. The number of carbonyl (C=O) groups excluding carboxylic acids is 1. The van der Waals surface area contributed by atoms with Crippen LogP contribution in [-0.2, 0) is 4.79 Å². The molecule has 0 saturated heterocycles. The first-order valence-corrected chi connectivity index (χ1v) is 8.72. The Morgan fingerprint density at radius 1 is 1.16 bits per heavy atom. The van der Waals surface area contributed by atoms with Crippen LogP contribution in [0.3, 0.4) is 0 Å². The fraction of sp³-hybridized carbons (Fsp3) is 0.556. The quantitative estimate of drug-likeness (QED) is 0.892. The first-order chi connectivity index (χ1) is 11.8. The third-order valence-corrected chi connectivity index (χ3v) is 6.10. The van der Waals surface area contributed by atoms with Crippen LogP contribution in [0.5, 0.6) is 0 Å². The minimum atomic E-state index is -0.690. The predicted octanol–water partition coefficient (Wildman–Crippen LogP) is 2.25. The zero-order chi connectivity index (χ0) is 17.8. The molecule has 3 aliphatic rings. The molecule has 0 aromatic carbocycles. The Kier molecular flexibility index (Phi) is 3.39. The van der Waals surface area contributed by atoms with Gasteiger partial charge in [-0.05, 0) is 58.4 Å². The third kappa shape index (κ3) is 2.41. The summed E-state index contributed by atoms with van der Waals surface area (Å²) in [5.74, 6) is -0.859. The van der Waals surface area contributed by atoms with Gasteiger partial charge in [0.25, 0.3) is 5.91 Å². The van der Waals surface area contributed by atoms with E-state index >= 15 is 0 Å². The molecule has 0 spiro atoms. The van der Waals surface area contributed by atoms with E-state index in [2.05, 4.69) is 15.4 Å². The molecule has 2 aromatic rings. The standard InChI is InChI=1S/C18H22N4O3/c1-11-9-12(2)22-14(20-11)13(10-19-22)15(23)21-18-6-3-17(4-7-18,5-8-18)16(24)25/h9-10H,3-8H2,1-2H3,(H,21,23)(H,24,25). The van der Waals surface area contributed by atoms with E-state index in [9.17, 15) is 14.7 Å². The Morgan fingerprint density at radius 2 is 1.80 bits per heavy atom. The molecule has 7 nitrogen and oxygen atoms in total. The normalized spacial score (nSPS) is 28.2. The van der Waals surface area contributed by atoms with E-state index < -0.39 is 11.4 Å². The maximum absolute atomic E-state index is 12.9. The number of hydrogen-bond donors (Lipinski definition) is 2. The minimum Gasteiger partial charge on any atom is -0.481 e. The van der Waals surface area contributed by atoms with Crippen molar-refractivity contribution in [2.45, 2.75) is 57.9 Å². The summed E-state index contributed by atoms with van der Waals surface area (Å²) in [4.78, 5) is 28.9. The number of nitrogens with zero attached hydrogens (tertiary/aromatic N) is 3. The smallest absolute Gasteiger partial charge is 0.309 e. The predicted molar refractivity (Wildman–Crippen MR) is 90.4 cm³/mol. The van der Waals surface area contributed by atoms with Crippen molar-refractivity contribution in [3.05, 3.63) is 29.2 Å². The number of carboxylic acids is 1.